The van der Waals surface area contributed by atoms with Gasteiger partial charge >= 0.3 is 0 Å². The van der Waals surface area contributed by atoms with Crippen LogP contribution in [0.25, 0.3) is 0 Å². The minimum Gasteiger partial charge on any atom is -0.483 e. The van der Waals surface area contributed by atoms with Crippen LogP contribution in [0.4, 0.5) is 4.39 Å². The molecule has 3 atom stereocenters. The monoisotopic (exact) mass is 554 g/mol. The molecule has 0 saturated heterocycles. The van der Waals surface area contributed by atoms with E-state index < -0.39 is 12.1 Å². The molecule has 1 unspecified atom stereocenters. The van der Waals surface area contributed by atoms with Crippen LogP contribution in [0.2, 0.25) is 0 Å². The van der Waals surface area contributed by atoms with Crippen LogP contribution in [-0.4, -0.2) is 22.5 Å². The van der Waals surface area contributed by atoms with Gasteiger partial charge in [0.05, 0.1) is 11.8 Å². The Bertz CT molecular complexity index is 1500. The minimum atomic E-state index is -0.752. The highest BCUT2D eigenvalue weighted by Gasteiger charge is 2.46. The maximum atomic E-state index is 14.3. The van der Waals surface area contributed by atoms with E-state index in [4.69, 9.17) is 9.84 Å². The molecular weight excluding hydrogens is 531 g/mol. The molecule has 6 heteroatoms. The molecule has 4 aromatic carbocycles. The second-order valence-electron chi connectivity index (χ2n) is 9.41. The van der Waals surface area contributed by atoms with Gasteiger partial charge in [0, 0.05) is 22.0 Å². The molecule has 0 spiro atoms. The fraction of sp³-hybridized carbons (Fsp3) is 0.161. The Labute approximate surface area is 223 Å². The first-order valence-corrected chi connectivity index (χ1v) is 13.0. The van der Waals surface area contributed by atoms with Crippen LogP contribution in [0.5, 0.6) is 5.75 Å². The summed E-state index contributed by atoms with van der Waals surface area (Å²) in [6, 6.07) is 29.3. The van der Waals surface area contributed by atoms with Gasteiger partial charge in [0.15, 0.2) is 17.9 Å². The van der Waals surface area contributed by atoms with Crippen molar-refractivity contribution in [1.29, 1.82) is 0 Å². The molecule has 2 aliphatic heterocycles. The third kappa shape index (κ3) is 4.36. The van der Waals surface area contributed by atoms with Gasteiger partial charge in [0.25, 0.3) is 0 Å². The standard InChI is InChI=1S/C31H24BrFN2O2/c1-19-17-22(13-16-25(19)33)30(36)29-31(21-7-3-2-4-8-21)37-28-10-6-5-9-24(28)27-18-26(34-35(27)29)20-11-14-23(32)15-12-20/h2-17,27,29,31H,18H2,1H3/t27?,29-,31-/m0/s1. The molecule has 184 valence electrons. The van der Waals surface area contributed by atoms with Gasteiger partial charge in [-0.25, -0.2) is 4.39 Å². The zero-order valence-electron chi connectivity index (χ0n) is 20.1. The van der Waals surface area contributed by atoms with Crippen LogP contribution in [-0.2, 0) is 0 Å². The van der Waals surface area contributed by atoms with E-state index >= 15 is 0 Å². The maximum Gasteiger partial charge on any atom is 0.191 e. The van der Waals surface area contributed by atoms with Gasteiger partial charge in [0.1, 0.15) is 11.6 Å². The zero-order chi connectivity index (χ0) is 25.5. The van der Waals surface area contributed by atoms with Crippen LogP contribution in [0.15, 0.2) is 107 Å². The van der Waals surface area contributed by atoms with Crippen molar-refractivity contribution >= 4 is 27.4 Å². The second kappa shape index (κ2) is 9.60. The topological polar surface area (TPSA) is 41.9 Å². The van der Waals surface area contributed by atoms with Crippen molar-refractivity contribution in [2.45, 2.75) is 31.5 Å². The summed E-state index contributed by atoms with van der Waals surface area (Å²) >= 11 is 3.51. The number of benzene rings is 4. The summed E-state index contributed by atoms with van der Waals surface area (Å²) in [7, 11) is 0. The molecule has 0 radical (unpaired) electrons. The molecule has 0 saturated carbocycles. The van der Waals surface area contributed by atoms with Crippen molar-refractivity contribution in [3.05, 3.63) is 135 Å². The molecule has 0 N–H and O–H groups in total. The summed E-state index contributed by atoms with van der Waals surface area (Å²) in [5.41, 5.74) is 4.65. The Kier molecular flexibility index (Phi) is 6.13. The number of ether oxygens (including phenoxy) is 1. The fourth-order valence-electron chi connectivity index (χ4n) is 5.18. The highest BCUT2D eigenvalue weighted by Crippen LogP contribution is 2.46. The Morgan fingerprint density at radius 1 is 0.973 bits per heavy atom. The van der Waals surface area contributed by atoms with E-state index in [9.17, 15) is 9.18 Å². The number of aryl methyl sites for hydroxylation is 1. The van der Waals surface area contributed by atoms with E-state index in [1.807, 2.05) is 83.9 Å². The number of carbonyl (C=O) groups excluding carboxylic acids is 1. The number of hydrogen-bond acceptors (Lipinski definition) is 4. The molecule has 0 amide bonds. The van der Waals surface area contributed by atoms with Crippen LogP contribution < -0.4 is 4.74 Å². The lowest BCUT2D eigenvalue weighted by Crippen LogP contribution is -2.43. The molecule has 0 aromatic heterocycles. The van der Waals surface area contributed by atoms with Gasteiger partial charge in [-0.15, -0.1) is 0 Å². The Morgan fingerprint density at radius 3 is 2.46 bits per heavy atom. The van der Waals surface area contributed by atoms with E-state index in [-0.39, 0.29) is 17.6 Å². The van der Waals surface area contributed by atoms with E-state index in [0.29, 0.717) is 17.5 Å². The van der Waals surface area contributed by atoms with Crippen LogP contribution >= 0.6 is 15.9 Å². The zero-order valence-corrected chi connectivity index (χ0v) is 21.7. The molecule has 2 aliphatic rings. The van der Waals surface area contributed by atoms with Crippen molar-refractivity contribution in [2.75, 3.05) is 0 Å². The lowest BCUT2D eigenvalue weighted by molar-refractivity contribution is 0.0488. The van der Waals surface area contributed by atoms with E-state index in [1.165, 1.54) is 6.07 Å². The maximum absolute atomic E-state index is 14.3. The number of halogens is 2. The van der Waals surface area contributed by atoms with E-state index in [2.05, 4.69) is 15.9 Å². The molecule has 0 fully saturated rings. The second-order valence-corrected chi connectivity index (χ2v) is 10.3. The SMILES string of the molecule is Cc1cc(C(=O)[C@H]2[C@H](c3ccccc3)Oc3ccccc3C3CC(c4ccc(Br)cc4)=NN32)ccc1F. The van der Waals surface area contributed by atoms with E-state index in [0.717, 1.165) is 32.6 Å². The quantitative estimate of drug-likeness (QED) is 0.246. The Morgan fingerprint density at radius 2 is 1.70 bits per heavy atom. The summed E-state index contributed by atoms with van der Waals surface area (Å²) in [5.74, 6) is 0.245. The van der Waals surface area contributed by atoms with Gasteiger partial charge in [-0.3, -0.25) is 9.80 Å². The van der Waals surface area contributed by atoms with Gasteiger partial charge < -0.3 is 4.74 Å². The lowest BCUT2D eigenvalue weighted by Gasteiger charge is -2.33. The molecule has 4 aromatic rings. The first-order chi connectivity index (χ1) is 18.0. The van der Waals surface area contributed by atoms with Gasteiger partial charge in [-0.05, 0) is 60.0 Å². The first kappa shape index (κ1) is 23.6. The van der Waals surface area contributed by atoms with Crippen LogP contribution in [0, 0.1) is 12.7 Å². The summed E-state index contributed by atoms with van der Waals surface area (Å²) in [4.78, 5) is 14.3. The largest absolute Gasteiger partial charge is 0.483 e. The number of carbonyl (C=O) groups is 1. The van der Waals surface area contributed by atoms with Crippen molar-refractivity contribution < 1.29 is 13.9 Å². The number of hydrazone groups is 1. The average molecular weight is 555 g/mol. The van der Waals surface area contributed by atoms with Crippen LogP contribution in [0.3, 0.4) is 0 Å². The Hall–Kier alpha value is -3.77. The summed E-state index contributed by atoms with van der Waals surface area (Å²) in [6.07, 6.45) is 0.0219. The number of fused-ring (bicyclic) bond motifs is 3. The van der Waals surface area contributed by atoms with Crippen molar-refractivity contribution in [3.8, 4) is 5.75 Å². The number of para-hydroxylation sites is 1. The third-order valence-corrected chi connectivity index (χ3v) is 7.59. The molecule has 4 nitrogen and oxygen atoms in total. The number of Topliss-reactive ketones (excluding diaryl/α,β-unsaturated/α-hetero) is 1. The van der Waals surface area contributed by atoms with Gasteiger partial charge in [-0.1, -0.05) is 76.6 Å². The molecule has 6 rings (SSSR count). The highest BCUT2D eigenvalue weighted by molar-refractivity contribution is 9.10. The summed E-state index contributed by atoms with van der Waals surface area (Å²) in [6.45, 7) is 1.67. The summed E-state index contributed by atoms with van der Waals surface area (Å²) < 4.78 is 21.7. The minimum absolute atomic E-state index is 0.157. The summed E-state index contributed by atoms with van der Waals surface area (Å²) in [5, 5.41) is 6.99. The molecule has 2 heterocycles. The van der Waals surface area contributed by atoms with Crippen molar-refractivity contribution in [3.63, 3.8) is 0 Å². The van der Waals surface area contributed by atoms with Gasteiger partial charge in [-0.2, -0.15) is 5.10 Å². The van der Waals surface area contributed by atoms with Crippen molar-refractivity contribution in [1.82, 2.24) is 5.01 Å². The fourth-order valence-corrected chi connectivity index (χ4v) is 5.44. The van der Waals surface area contributed by atoms with E-state index in [1.54, 1.807) is 19.1 Å². The molecule has 37 heavy (non-hydrogen) atoms. The number of hydrogen-bond donors (Lipinski definition) is 0. The number of nitrogens with zero attached hydrogens (tertiary/aromatic N) is 2. The van der Waals surface area contributed by atoms with Crippen molar-refractivity contribution in [2.24, 2.45) is 5.10 Å². The predicted molar refractivity (Wildman–Crippen MR) is 145 cm³/mol. The normalized spacial score (nSPS) is 20.4. The lowest BCUT2D eigenvalue weighted by atomic mass is 9.92. The predicted octanol–water partition coefficient (Wildman–Crippen LogP) is 7.43. The highest BCUT2D eigenvalue weighted by atomic mass is 79.9. The molecule has 0 bridgehead atoms. The Balaban J connectivity index is 1.53. The molecular formula is C31H24BrFN2O2. The van der Waals surface area contributed by atoms with Gasteiger partial charge in [0.2, 0.25) is 0 Å². The molecule has 0 aliphatic carbocycles. The number of ketones is 1. The van der Waals surface area contributed by atoms with Crippen LogP contribution in [0.1, 0.15) is 51.2 Å². The first-order valence-electron chi connectivity index (χ1n) is 12.2. The average Bonchev–Trinajstić information content (AvgIpc) is 3.30. The smallest absolute Gasteiger partial charge is 0.191 e. The number of rotatable bonds is 4. The third-order valence-electron chi connectivity index (χ3n) is 7.06.